The maximum atomic E-state index is 14.1. The normalized spacial score (nSPS) is 23.0. The summed E-state index contributed by atoms with van der Waals surface area (Å²) in [5.41, 5.74) is 4.39. The van der Waals surface area contributed by atoms with Crippen LogP contribution in [0, 0.1) is 11.8 Å². The summed E-state index contributed by atoms with van der Waals surface area (Å²) in [6.07, 6.45) is 10.6. The number of likely N-dealkylation sites (N-methyl/N-ethyl adjacent to an activating group) is 1. The monoisotopic (exact) mass is 531 g/mol. The molecule has 1 aliphatic heterocycles. The summed E-state index contributed by atoms with van der Waals surface area (Å²) in [5, 5.41) is 6.44. The average molecular weight is 532 g/mol. The Labute approximate surface area is 232 Å². The standard InChI is InChI=1S/C33H29N3O4/c1-3-26(37)35-21-13-9-12-20(18-21)34-24-16-17-25-29-27(22-14-7-8-15-23(22)32(39)28(24)29)30(33(40)36(25)2)31(38)19-10-5-4-6-11-19/h4-11,13-18,20,28-29,34H,3,12H2,1-2H3,(H,35,37). The molecule has 0 bridgehead atoms. The number of allylic oxidation sites excluding steroid dienone is 5. The van der Waals surface area contributed by atoms with Gasteiger partial charge >= 0.3 is 0 Å². The maximum Gasteiger partial charge on any atom is 0.262 e. The third-order valence-corrected chi connectivity index (χ3v) is 7.96. The first-order valence-electron chi connectivity index (χ1n) is 13.5. The van der Waals surface area contributed by atoms with Gasteiger partial charge in [-0.1, -0.05) is 67.6 Å². The van der Waals surface area contributed by atoms with Crippen LogP contribution in [0.3, 0.4) is 0 Å². The fourth-order valence-electron chi connectivity index (χ4n) is 6.04. The number of nitrogens with one attached hydrogen (secondary N) is 2. The lowest BCUT2D eigenvalue weighted by atomic mass is 9.64. The molecule has 2 amide bonds. The lowest BCUT2D eigenvalue weighted by Gasteiger charge is -2.45. The van der Waals surface area contributed by atoms with Crippen LogP contribution in [0.2, 0.25) is 0 Å². The molecule has 3 unspecified atom stereocenters. The van der Waals surface area contributed by atoms with Crippen molar-refractivity contribution >= 4 is 29.0 Å². The van der Waals surface area contributed by atoms with Crippen molar-refractivity contribution < 1.29 is 19.2 Å². The number of Topliss-reactive ketones (excluding diaryl/α,β-unsaturated/α-hetero) is 2. The second-order valence-electron chi connectivity index (χ2n) is 10.3. The van der Waals surface area contributed by atoms with E-state index >= 15 is 0 Å². The van der Waals surface area contributed by atoms with E-state index in [0.29, 0.717) is 46.5 Å². The van der Waals surface area contributed by atoms with E-state index < -0.39 is 11.8 Å². The van der Waals surface area contributed by atoms with Crippen molar-refractivity contribution in [3.05, 3.63) is 124 Å². The van der Waals surface area contributed by atoms with Crippen molar-refractivity contribution in [2.75, 3.05) is 7.05 Å². The smallest absolute Gasteiger partial charge is 0.262 e. The molecule has 6 rings (SSSR count). The second-order valence-corrected chi connectivity index (χ2v) is 10.3. The van der Waals surface area contributed by atoms with Gasteiger partial charge in [0.1, 0.15) is 0 Å². The molecule has 4 aliphatic rings. The summed E-state index contributed by atoms with van der Waals surface area (Å²) in [5.74, 6) is -1.99. The molecule has 2 aromatic rings. The molecule has 0 spiro atoms. The van der Waals surface area contributed by atoms with E-state index in [1.807, 2.05) is 48.6 Å². The molecule has 3 aliphatic carbocycles. The molecule has 0 fully saturated rings. The highest BCUT2D eigenvalue weighted by atomic mass is 16.2. The Bertz CT molecular complexity index is 1610. The van der Waals surface area contributed by atoms with Crippen molar-refractivity contribution in [3.8, 4) is 0 Å². The highest BCUT2D eigenvalue weighted by molar-refractivity contribution is 6.32. The highest BCUT2D eigenvalue weighted by Gasteiger charge is 2.51. The van der Waals surface area contributed by atoms with Crippen LogP contribution in [0.4, 0.5) is 0 Å². The molecule has 7 heteroatoms. The quantitative estimate of drug-likeness (QED) is 0.427. The SMILES string of the molecule is CCC(=O)NC1=CC(NC2=CC=C3C4C(=C(C(=O)c5ccccc5)C(=O)N3C)c3ccccc3C(=O)C24)CC=C1. The van der Waals surface area contributed by atoms with Gasteiger partial charge in [0.05, 0.1) is 11.5 Å². The van der Waals surface area contributed by atoms with Crippen molar-refractivity contribution in [1.29, 1.82) is 0 Å². The Kier molecular flexibility index (Phi) is 6.42. The Morgan fingerprint density at radius 3 is 2.42 bits per heavy atom. The second kappa shape index (κ2) is 10.1. The van der Waals surface area contributed by atoms with Crippen LogP contribution in [0.5, 0.6) is 0 Å². The Balaban J connectivity index is 1.47. The van der Waals surface area contributed by atoms with Gasteiger partial charge in [-0.3, -0.25) is 19.2 Å². The van der Waals surface area contributed by atoms with Crippen LogP contribution in [-0.4, -0.2) is 41.4 Å². The van der Waals surface area contributed by atoms with Crippen molar-refractivity contribution in [1.82, 2.24) is 15.5 Å². The topological polar surface area (TPSA) is 95.6 Å². The van der Waals surface area contributed by atoms with E-state index in [1.165, 1.54) is 4.90 Å². The van der Waals surface area contributed by atoms with E-state index in [1.54, 1.807) is 50.4 Å². The van der Waals surface area contributed by atoms with E-state index in [9.17, 15) is 19.2 Å². The molecule has 3 atom stereocenters. The van der Waals surface area contributed by atoms with Crippen LogP contribution in [-0.2, 0) is 9.59 Å². The third-order valence-electron chi connectivity index (χ3n) is 7.96. The van der Waals surface area contributed by atoms with Crippen LogP contribution in [0.15, 0.2) is 108 Å². The first-order chi connectivity index (χ1) is 19.4. The number of amides is 2. The number of rotatable bonds is 6. The molecule has 0 saturated carbocycles. The summed E-state index contributed by atoms with van der Waals surface area (Å²) < 4.78 is 0. The Morgan fingerprint density at radius 1 is 0.950 bits per heavy atom. The van der Waals surface area contributed by atoms with Crippen molar-refractivity contribution in [2.24, 2.45) is 11.8 Å². The zero-order valence-electron chi connectivity index (χ0n) is 22.3. The predicted molar refractivity (Wildman–Crippen MR) is 152 cm³/mol. The van der Waals surface area contributed by atoms with Gasteiger partial charge in [0.25, 0.3) is 5.91 Å². The van der Waals surface area contributed by atoms with Crippen molar-refractivity contribution in [3.63, 3.8) is 0 Å². The number of benzene rings is 2. The molecule has 0 radical (unpaired) electrons. The van der Waals surface area contributed by atoms with E-state index in [2.05, 4.69) is 10.6 Å². The van der Waals surface area contributed by atoms with Crippen molar-refractivity contribution in [2.45, 2.75) is 25.8 Å². The Morgan fingerprint density at radius 2 is 1.68 bits per heavy atom. The van der Waals surface area contributed by atoms with Gasteiger partial charge in [-0.2, -0.15) is 0 Å². The molecule has 2 N–H and O–H groups in total. The first kappa shape index (κ1) is 25.5. The van der Waals surface area contributed by atoms with Crippen LogP contribution < -0.4 is 10.6 Å². The van der Waals surface area contributed by atoms with Crippen LogP contribution >= 0.6 is 0 Å². The summed E-state index contributed by atoms with van der Waals surface area (Å²) in [4.78, 5) is 55.2. The maximum absolute atomic E-state index is 14.1. The minimum atomic E-state index is -0.632. The summed E-state index contributed by atoms with van der Waals surface area (Å²) in [6.45, 7) is 1.80. The van der Waals surface area contributed by atoms with Gasteiger partial charge in [-0.15, -0.1) is 0 Å². The summed E-state index contributed by atoms with van der Waals surface area (Å²) >= 11 is 0. The lowest BCUT2D eigenvalue weighted by molar-refractivity contribution is -0.124. The minimum Gasteiger partial charge on any atom is -0.381 e. The molecular formula is C33H29N3O4. The summed E-state index contributed by atoms with van der Waals surface area (Å²) in [6, 6.07) is 15.9. The largest absolute Gasteiger partial charge is 0.381 e. The zero-order chi connectivity index (χ0) is 28.0. The highest BCUT2D eigenvalue weighted by Crippen LogP contribution is 2.51. The number of nitrogens with zero attached hydrogens (tertiary/aromatic N) is 1. The molecule has 0 saturated heterocycles. The number of carbonyl (C=O) groups is 4. The molecule has 200 valence electrons. The molecule has 7 nitrogen and oxygen atoms in total. The zero-order valence-corrected chi connectivity index (χ0v) is 22.3. The third kappa shape index (κ3) is 4.14. The van der Waals surface area contributed by atoms with Crippen LogP contribution in [0.1, 0.15) is 46.0 Å². The van der Waals surface area contributed by atoms with Gasteiger partial charge in [0.2, 0.25) is 5.91 Å². The van der Waals surface area contributed by atoms with E-state index in [-0.39, 0.29) is 35.0 Å². The van der Waals surface area contributed by atoms with Gasteiger partial charge in [0, 0.05) is 53.6 Å². The molecule has 40 heavy (non-hydrogen) atoms. The molecule has 0 aromatic heterocycles. The van der Waals surface area contributed by atoms with Gasteiger partial charge < -0.3 is 15.5 Å². The number of hydrogen-bond acceptors (Lipinski definition) is 5. The fourth-order valence-corrected chi connectivity index (χ4v) is 6.04. The van der Waals surface area contributed by atoms with Crippen LogP contribution in [0.25, 0.3) is 5.57 Å². The summed E-state index contributed by atoms with van der Waals surface area (Å²) in [7, 11) is 1.66. The molecule has 2 aromatic carbocycles. The van der Waals surface area contributed by atoms with E-state index in [0.717, 1.165) is 5.70 Å². The number of hydrogen-bond donors (Lipinski definition) is 2. The number of fused-ring (bicyclic) bond motifs is 2. The Hall–Kier alpha value is -4.78. The van der Waals surface area contributed by atoms with Gasteiger partial charge in [0.15, 0.2) is 11.6 Å². The minimum absolute atomic E-state index is 0.0576. The fraction of sp³-hybridized carbons (Fsp3) is 0.212. The first-order valence-corrected chi connectivity index (χ1v) is 13.5. The lowest BCUT2D eigenvalue weighted by Crippen LogP contribution is -2.49. The number of carbonyl (C=O) groups excluding carboxylic acids is 4. The average Bonchev–Trinajstić information content (AvgIpc) is 2.98. The van der Waals surface area contributed by atoms with Gasteiger partial charge in [-0.05, 0) is 41.9 Å². The molecular weight excluding hydrogens is 502 g/mol. The van der Waals surface area contributed by atoms with Gasteiger partial charge in [-0.25, -0.2) is 0 Å². The predicted octanol–water partition coefficient (Wildman–Crippen LogP) is 4.33. The molecule has 1 heterocycles. The number of ketones is 2. The van der Waals surface area contributed by atoms with E-state index in [4.69, 9.17) is 0 Å².